The van der Waals surface area contributed by atoms with Gasteiger partial charge in [0.05, 0.1) is 5.56 Å². The van der Waals surface area contributed by atoms with Crippen molar-refractivity contribution in [3.63, 3.8) is 0 Å². The minimum atomic E-state index is -4.41. The quantitative estimate of drug-likeness (QED) is 0.821. The van der Waals surface area contributed by atoms with E-state index in [4.69, 9.17) is 0 Å². The summed E-state index contributed by atoms with van der Waals surface area (Å²) in [5.41, 5.74) is -0.415. The van der Waals surface area contributed by atoms with Crippen LogP contribution in [0.2, 0.25) is 0 Å². The van der Waals surface area contributed by atoms with E-state index in [1.54, 1.807) is 29.1 Å². The number of alkyl halides is 3. The summed E-state index contributed by atoms with van der Waals surface area (Å²) in [7, 11) is 0. The van der Waals surface area contributed by atoms with Crippen LogP contribution in [0.25, 0.3) is 0 Å². The Morgan fingerprint density at radius 3 is 2.80 bits per heavy atom. The van der Waals surface area contributed by atoms with Crippen LogP contribution in [0.4, 0.5) is 24.8 Å². The highest BCUT2D eigenvalue weighted by Gasteiger charge is 2.33. The second-order valence-corrected chi connectivity index (χ2v) is 4.86. The molecule has 0 saturated carbocycles. The van der Waals surface area contributed by atoms with Crippen molar-refractivity contribution in [2.75, 3.05) is 5.32 Å². The third kappa shape index (κ3) is 3.22. The number of nitrogens with one attached hydrogen (secondary N) is 1. The zero-order valence-electron chi connectivity index (χ0n) is 10.3. The Morgan fingerprint density at radius 1 is 1.40 bits per heavy atom. The van der Waals surface area contributed by atoms with Crippen molar-refractivity contribution in [3.8, 4) is 0 Å². The molecule has 2 rings (SSSR count). The van der Waals surface area contributed by atoms with Crippen molar-refractivity contribution in [1.82, 2.24) is 9.55 Å². The number of hydrogen-bond acceptors (Lipinski definition) is 2. The lowest BCUT2D eigenvalue weighted by molar-refractivity contribution is -0.138. The number of aromatic nitrogens is 2. The molecule has 0 amide bonds. The standard InChI is InChI=1S/C13H11BrF3N3/c1-2-6-20-7-5-18-12(20)19-9-3-4-11(14)10(8-9)13(15,16)17/h2-5,7-8H,1,6H2,(H,18,19). The summed E-state index contributed by atoms with van der Waals surface area (Å²) < 4.78 is 40.2. The Hall–Kier alpha value is -1.76. The molecule has 0 unspecified atom stereocenters. The molecule has 0 spiro atoms. The minimum Gasteiger partial charge on any atom is -0.326 e. The predicted molar refractivity (Wildman–Crippen MR) is 74.9 cm³/mol. The molecule has 0 aliphatic carbocycles. The molecule has 2 aromatic rings. The summed E-state index contributed by atoms with van der Waals surface area (Å²) in [5.74, 6) is 0.459. The number of anilines is 2. The summed E-state index contributed by atoms with van der Waals surface area (Å²) >= 11 is 2.90. The molecule has 106 valence electrons. The van der Waals surface area contributed by atoms with Crippen molar-refractivity contribution in [2.45, 2.75) is 12.7 Å². The first-order chi connectivity index (χ1) is 9.41. The average Bonchev–Trinajstić information content (AvgIpc) is 2.78. The molecule has 7 heteroatoms. The molecule has 0 bridgehead atoms. The largest absolute Gasteiger partial charge is 0.417 e. The van der Waals surface area contributed by atoms with Gasteiger partial charge in [-0.2, -0.15) is 13.2 Å². The maximum atomic E-state index is 12.8. The number of hydrogen-bond donors (Lipinski definition) is 1. The van der Waals surface area contributed by atoms with E-state index >= 15 is 0 Å². The highest BCUT2D eigenvalue weighted by Crippen LogP contribution is 2.36. The van der Waals surface area contributed by atoms with Crippen LogP contribution in [-0.4, -0.2) is 9.55 Å². The number of nitrogens with zero attached hydrogens (tertiary/aromatic N) is 2. The third-order valence-corrected chi connectivity index (χ3v) is 3.26. The van der Waals surface area contributed by atoms with Crippen molar-refractivity contribution in [3.05, 3.63) is 53.3 Å². The molecule has 0 atom stereocenters. The lowest BCUT2D eigenvalue weighted by Crippen LogP contribution is -2.07. The van der Waals surface area contributed by atoms with E-state index in [1.165, 1.54) is 6.07 Å². The molecule has 1 N–H and O–H groups in total. The minimum absolute atomic E-state index is 0.00461. The van der Waals surface area contributed by atoms with E-state index in [0.29, 0.717) is 18.2 Å². The van der Waals surface area contributed by atoms with Crippen molar-refractivity contribution >= 4 is 27.6 Å². The number of benzene rings is 1. The Bertz CT molecular complexity index is 620. The first-order valence-corrected chi connectivity index (χ1v) is 6.47. The summed E-state index contributed by atoms with van der Waals surface area (Å²) in [6.07, 6.45) is 0.547. The zero-order valence-corrected chi connectivity index (χ0v) is 11.9. The van der Waals surface area contributed by atoms with Crippen LogP contribution in [0.1, 0.15) is 5.56 Å². The molecule has 1 heterocycles. The van der Waals surface area contributed by atoms with Crippen LogP contribution >= 0.6 is 15.9 Å². The number of rotatable bonds is 4. The Morgan fingerprint density at radius 2 is 2.15 bits per heavy atom. The Labute approximate surface area is 122 Å². The lowest BCUT2D eigenvalue weighted by atomic mass is 10.2. The van der Waals surface area contributed by atoms with Gasteiger partial charge >= 0.3 is 6.18 Å². The van der Waals surface area contributed by atoms with Gasteiger partial charge in [-0.1, -0.05) is 22.0 Å². The van der Waals surface area contributed by atoms with E-state index in [9.17, 15) is 13.2 Å². The van der Waals surface area contributed by atoms with Gasteiger partial charge in [0.25, 0.3) is 0 Å². The fourth-order valence-corrected chi connectivity index (χ4v) is 2.14. The molecule has 0 saturated heterocycles. The first-order valence-electron chi connectivity index (χ1n) is 5.67. The molecule has 0 aliphatic heterocycles. The van der Waals surface area contributed by atoms with Gasteiger partial charge in [0.2, 0.25) is 5.95 Å². The molecule has 3 nitrogen and oxygen atoms in total. The maximum Gasteiger partial charge on any atom is 0.417 e. The van der Waals surface area contributed by atoms with E-state index in [1.807, 2.05) is 0 Å². The molecule has 20 heavy (non-hydrogen) atoms. The monoisotopic (exact) mass is 345 g/mol. The van der Waals surface area contributed by atoms with E-state index in [-0.39, 0.29) is 4.47 Å². The third-order valence-electron chi connectivity index (χ3n) is 2.57. The van der Waals surface area contributed by atoms with Gasteiger partial charge < -0.3 is 9.88 Å². The summed E-state index contributed by atoms with van der Waals surface area (Å²) in [4.78, 5) is 4.06. The highest BCUT2D eigenvalue weighted by atomic mass is 79.9. The van der Waals surface area contributed by atoms with Crippen LogP contribution in [0.5, 0.6) is 0 Å². The van der Waals surface area contributed by atoms with Gasteiger partial charge in [0, 0.05) is 29.1 Å². The molecule has 1 aromatic heterocycles. The number of halogens is 4. The Balaban J connectivity index is 2.30. The van der Waals surface area contributed by atoms with E-state index in [0.717, 1.165) is 6.07 Å². The predicted octanol–water partition coefficient (Wildman–Crippen LogP) is 4.59. The molecular weight excluding hydrogens is 335 g/mol. The van der Waals surface area contributed by atoms with Crippen molar-refractivity contribution in [1.29, 1.82) is 0 Å². The summed E-state index contributed by atoms with van der Waals surface area (Å²) in [6, 6.07) is 3.94. The highest BCUT2D eigenvalue weighted by molar-refractivity contribution is 9.10. The van der Waals surface area contributed by atoms with Gasteiger partial charge in [0.15, 0.2) is 0 Å². The van der Waals surface area contributed by atoms with Gasteiger partial charge in [-0.25, -0.2) is 4.98 Å². The van der Waals surface area contributed by atoms with Crippen LogP contribution < -0.4 is 5.32 Å². The lowest BCUT2D eigenvalue weighted by Gasteiger charge is -2.13. The van der Waals surface area contributed by atoms with Crippen molar-refractivity contribution < 1.29 is 13.2 Å². The smallest absolute Gasteiger partial charge is 0.326 e. The fraction of sp³-hybridized carbons (Fsp3) is 0.154. The van der Waals surface area contributed by atoms with E-state index in [2.05, 4.69) is 32.8 Å². The van der Waals surface area contributed by atoms with Crippen LogP contribution in [0, 0.1) is 0 Å². The number of allylic oxidation sites excluding steroid dienone is 1. The summed E-state index contributed by atoms with van der Waals surface area (Å²) in [6.45, 7) is 4.13. The fourth-order valence-electron chi connectivity index (χ4n) is 1.67. The maximum absolute atomic E-state index is 12.8. The Kier molecular flexibility index (Phi) is 4.17. The molecule has 1 aromatic carbocycles. The van der Waals surface area contributed by atoms with Crippen LogP contribution in [-0.2, 0) is 12.7 Å². The first kappa shape index (κ1) is 14.6. The van der Waals surface area contributed by atoms with Crippen molar-refractivity contribution in [2.24, 2.45) is 0 Å². The van der Waals surface area contributed by atoms with E-state index < -0.39 is 11.7 Å². The summed E-state index contributed by atoms with van der Waals surface area (Å²) in [5, 5.41) is 2.86. The van der Waals surface area contributed by atoms with Gasteiger partial charge in [-0.05, 0) is 18.2 Å². The molecule has 0 fully saturated rings. The molecule has 0 radical (unpaired) electrons. The molecule has 0 aliphatic rings. The zero-order chi connectivity index (χ0) is 14.8. The normalized spacial score (nSPS) is 11.4. The SMILES string of the molecule is C=CCn1ccnc1Nc1ccc(Br)c(C(F)(F)F)c1. The second-order valence-electron chi connectivity index (χ2n) is 4.01. The van der Waals surface area contributed by atoms with Crippen LogP contribution in [0.15, 0.2) is 47.7 Å². The topological polar surface area (TPSA) is 29.9 Å². The van der Waals surface area contributed by atoms with Gasteiger partial charge in [-0.15, -0.1) is 6.58 Å². The second kappa shape index (κ2) is 5.70. The molecular formula is C13H11BrF3N3. The van der Waals surface area contributed by atoms with Crippen LogP contribution in [0.3, 0.4) is 0 Å². The van der Waals surface area contributed by atoms with Gasteiger partial charge in [0.1, 0.15) is 0 Å². The van der Waals surface area contributed by atoms with Gasteiger partial charge in [-0.3, -0.25) is 0 Å². The number of imidazole rings is 1. The average molecular weight is 346 g/mol.